The fourth-order valence-electron chi connectivity index (χ4n) is 0.604. The lowest BCUT2D eigenvalue weighted by Crippen LogP contribution is -2.36. The summed E-state index contributed by atoms with van der Waals surface area (Å²) >= 11 is 0. The summed E-state index contributed by atoms with van der Waals surface area (Å²) in [7, 11) is 0. The van der Waals surface area contributed by atoms with Crippen molar-refractivity contribution < 1.29 is 5.11 Å². The van der Waals surface area contributed by atoms with Gasteiger partial charge in [0.25, 0.3) is 5.95 Å². The number of nitrogens with one attached hydrogen (secondary N) is 1. The molecule has 0 radical (unpaired) electrons. The highest BCUT2D eigenvalue weighted by Crippen LogP contribution is 1.97. The first kappa shape index (κ1) is 9.35. The van der Waals surface area contributed by atoms with Crippen molar-refractivity contribution in [3.05, 3.63) is 0 Å². The average Bonchev–Trinajstić information content (AvgIpc) is 2.53. The maximum atomic E-state index is 8.54. The molecule has 9 nitrogen and oxygen atoms in total. The molecule has 0 aliphatic carbocycles. The zero-order chi connectivity index (χ0) is 9.68. The summed E-state index contributed by atoms with van der Waals surface area (Å²) in [6.45, 7) is 0.197. The molecule has 1 aromatic rings. The van der Waals surface area contributed by atoms with E-state index in [2.05, 4.69) is 25.8 Å². The summed E-state index contributed by atoms with van der Waals surface area (Å²) < 4.78 is 0. The Morgan fingerprint density at radius 3 is 3.08 bits per heavy atom. The molecule has 1 rings (SSSR count). The highest BCUT2D eigenvalue weighted by molar-refractivity contribution is 5.79. The minimum atomic E-state index is -0.0653. The number of hydrazine groups is 1. The molecule has 0 saturated heterocycles. The molecule has 0 saturated carbocycles. The second-order valence-corrected chi connectivity index (χ2v) is 2.05. The largest absolute Gasteiger partial charge is 0.394 e. The van der Waals surface area contributed by atoms with Crippen LogP contribution in [0.3, 0.4) is 0 Å². The van der Waals surface area contributed by atoms with E-state index in [0.717, 1.165) is 0 Å². The van der Waals surface area contributed by atoms with Crippen LogP contribution in [-0.4, -0.2) is 37.9 Å². The normalized spacial score (nSPS) is 11.7. The van der Waals surface area contributed by atoms with Crippen LogP contribution in [0.4, 0.5) is 5.95 Å². The number of tetrazole rings is 1. The second kappa shape index (κ2) is 4.33. The van der Waals surface area contributed by atoms with Crippen molar-refractivity contribution in [1.29, 1.82) is 0 Å². The van der Waals surface area contributed by atoms with Gasteiger partial charge in [-0.05, 0) is 5.21 Å². The molecule has 0 unspecified atom stereocenters. The van der Waals surface area contributed by atoms with Crippen molar-refractivity contribution in [2.24, 2.45) is 16.6 Å². The lowest BCUT2D eigenvalue weighted by molar-refractivity contribution is 0.259. The van der Waals surface area contributed by atoms with Gasteiger partial charge in [0.1, 0.15) is 0 Å². The van der Waals surface area contributed by atoms with Gasteiger partial charge in [-0.3, -0.25) is 5.43 Å². The van der Waals surface area contributed by atoms with E-state index >= 15 is 0 Å². The van der Waals surface area contributed by atoms with Gasteiger partial charge in [-0.25, -0.2) is 5.84 Å². The summed E-state index contributed by atoms with van der Waals surface area (Å²) in [4.78, 5) is 4.85. The van der Waals surface area contributed by atoms with Crippen LogP contribution in [-0.2, 0) is 6.54 Å². The summed E-state index contributed by atoms with van der Waals surface area (Å²) in [5.74, 6) is 5.03. The third-order valence-electron chi connectivity index (χ3n) is 1.11. The zero-order valence-electron chi connectivity index (χ0n) is 6.75. The Bertz CT molecular complexity index is 292. The van der Waals surface area contributed by atoms with Crippen LogP contribution in [0.1, 0.15) is 0 Å². The SMILES string of the molecule is NNC(N)=Nc1nnn(CCO)n1. The Morgan fingerprint density at radius 2 is 2.46 bits per heavy atom. The number of hydrogen-bond acceptors (Lipinski definition) is 6. The summed E-state index contributed by atoms with van der Waals surface area (Å²) in [5, 5.41) is 19.4. The van der Waals surface area contributed by atoms with Crippen molar-refractivity contribution in [1.82, 2.24) is 25.6 Å². The fourth-order valence-corrected chi connectivity index (χ4v) is 0.604. The molecule has 13 heavy (non-hydrogen) atoms. The van der Waals surface area contributed by atoms with E-state index in [1.54, 1.807) is 0 Å². The standard InChI is InChI=1S/C4H10N8O/c5-3(8-6)7-4-9-11-12(10-4)1-2-13/h13H,1-2,6H2,(H3,5,7,8,10). The summed E-state index contributed by atoms with van der Waals surface area (Å²) in [6, 6.07) is 0. The van der Waals surface area contributed by atoms with Gasteiger partial charge in [0.05, 0.1) is 13.2 Å². The molecular weight excluding hydrogens is 176 g/mol. The van der Waals surface area contributed by atoms with E-state index in [1.807, 2.05) is 0 Å². The molecular formula is C4H10N8O. The molecule has 9 heteroatoms. The zero-order valence-corrected chi connectivity index (χ0v) is 6.75. The van der Waals surface area contributed by atoms with Crippen molar-refractivity contribution in [2.45, 2.75) is 6.54 Å². The van der Waals surface area contributed by atoms with Crippen molar-refractivity contribution in [3.8, 4) is 0 Å². The highest BCUT2D eigenvalue weighted by Gasteiger charge is 2.00. The predicted molar refractivity (Wildman–Crippen MR) is 43.5 cm³/mol. The maximum Gasteiger partial charge on any atom is 0.292 e. The Labute approximate surface area is 73.4 Å². The molecule has 0 bridgehead atoms. The van der Waals surface area contributed by atoms with Gasteiger partial charge >= 0.3 is 0 Å². The van der Waals surface area contributed by atoms with E-state index in [1.165, 1.54) is 4.80 Å². The monoisotopic (exact) mass is 186 g/mol. The second-order valence-electron chi connectivity index (χ2n) is 2.05. The van der Waals surface area contributed by atoms with Crippen LogP contribution in [0.5, 0.6) is 0 Å². The quantitative estimate of drug-likeness (QED) is 0.171. The molecule has 0 aliphatic rings. The van der Waals surface area contributed by atoms with E-state index in [-0.39, 0.29) is 25.1 Å². The summed E-state index contributed by atoms with van der Waals surface area (Å²) in [6.07, 6.45) is 0. The van der Waals surface area contributed by atoms with Gasteiger partial charge < -0.3 is 10.8 Å². The van der Waals surface area contributed by atoms with Gasteiger partial charge in [0.2, 0.25) is 5.96 Å². The number of aliphatic hydroxyl groups is 1. The number of aliphatic imine (C=N–C) groups is 1. The van der Waals surface area contributed by atoms with E-state index in [9.17, 15) is 0 Å². The van der Waals surface area contributed by atoms with Gasteiger partial charge in [-0.2, -0.15) is 9.79 Å². The molecule has 0 aliphatic heterocycles. The van der Waals surface area contributed by atoms with Gasteiger partial charge in [-0.1, -0.05) is 5.10 Å². The average molecular weight is 186 g/mol. The third-order valence-corrected chi connectivity index (χ3v) is 1.11. The Hall–Kier alpha value is -1.74. The molecule has 0 amide bonds. The van der Waals surface area contributed by atoms with Crippen LogP contribution in [0.25, 0.3) is 0 Å². The first-order valence-corrected chi connectivity index (χ1v) is 3.45. The minimum absolute atomic E-state index is 0.0106. The molecule has 6 N–H and O–H groups in total. The van der Waals surface area contributed by atoms with Crippen LogP contribution in [0, 0.1) is 0 Å². The lowest BCUT2D eigenvalue weighted by atomic mass is 10.7. The number of nitrogens with zero attached hydrogens (tertiary/aromatic N) is 5. The molecule has 72 valence electrons. The third kappa shape index (κ3) is 2.65. The molecule has 1 aromatic heterocycles. The Morgan fingerprint density at radius 1 is 1.69 bits per heavy atom. The smallest absolute Gasteiger partial charge is 0.292 e. The molecule has 1 heterocycles. The molecule has 0 spiro atoms. The van der Waals surface area contributed by atoms with Crippen LogP contribution < -0.4 is 17.0 Å². The topological polar surface area (TPSA) is 140 Å². The molecule has 0 aromatic carbocycles. The Balaban J connectivity index is 2.68. The molecule has 0 atom stereocenters. The fraction of sp³-hybridized carbons (Fsp3) is 0.500. The number of hydrogen-bond donors (Lipinski definition) is 4. The first-order chi connectivity index (χ1) is 6.26. The van der Waals surface area contributed by atoms with Crippen molar-refractivity contribution >= 4 is 11.9 Å². The van der Waals surface area contributed by atoms with Crippen LogP contribution >= 0.6 is 0 Å². The summed E-state index contributed by atoms with van der Waals surface area (Å²) in [5.41, 5.74) is 7.35. The highest BCUT2D eigenvalue weighted by atomic mass is 16.3. The van der Waals surface area contributed by atoms with Crippen molar-refractivity contribution in [3.63, 3.8) is 0 Å². The van der Waals surface area contributed by atoms with Crippen LogP contribution in [0.2, 0.25) is 0 Å². The van der Waals surface area contributed by atoms with Crippen LogP contribution in [0.15, 0.2) is 4.99 Å². The van der Waals surface area contributed by atoms with Gasteiger partial charge in [-0.15, -0.1) is 5.10 Å². The number of aromatic nitrogens is 4. The number of nitrogens with two attached hydrogens (primary N) is 2. The predicted octanol–water partition coefficient (Wildman–Crippen LogP) is -2.93. The van der Waals surface area contributed by atoms with E-state index < -0.39 is 0 Å². The maximum absolute atomic E-state index is 8.54. The molecule has 0 fully saturated rings. The minimum Gasteiger partial charge on any atom is -0.394 e. The van der Waals surface area contributed by atoms with Gasteiger partial charge in [0.15, 0.2) is 0 Å². The lowest BCUT2D eigenvalue weighted by Gasteiger charge is -1.93. The Kier molecular flexibility index (Phi) is 3.11. The van der Waals surface area contributed by atoms with Gasteiger partial charge in [0, 0.05) is 0 Å². The first-order valence-electron chi connectivity index (χ1n) is 3.45. The number of rotatable bonds is 3. The van der Waals surface area contributed by atoms with E-state index in [4.69, 9.17) is 16.7 Å². The van der Waals surface area contributed by atoms with E-state index in [0.29, 0.717) is 0 Å². The number of guanidine groups is 1. The number of aliphatic hydroxyl groups excluding tert-OH is 1. The van der Waals surface area contributed by atoms with Crippen molar-refractivity contribution in [2.75, 3.05) is 6.61 Å².